The SMILES string of the molecule is C[C@]1(Cc2cccc(F)c2)CCc2ccc(-c3cccc(C(=O)O)c3)cc2O1. The lowest BCUT2D eigenvalue weighted by molar-refractivity contribution is 0.0654. The number of hydrogen-bond acceptors (Lipinski definition) is 2. The van der Waals surface area contributed by atoms with E-state index in [4.69, 9.17) is 4.74 Å². The van der Waals surface area contributed by atoms with Gasteiger partial charge in [0.2, 0.25) is 0 Å². The van der Waals surface area contributed by atoms with Gasteiger partial charge in [0.25, 0.3) is 0 Å². The molecule has 0 bridgehead atoms. The van der Waals surface area contributed by atoms with Crippen molar-refractivity contribution in [1.82, 2.24) is 0 Å². The minimum absolute atomic E-state index is 0.238. The third-order valence-electron chi connectivity index (χ3n) is 5.26. The molecular formula is C24H21FO3. The predicted molar refractivity (Wildman–Crippen MR) is 106 cm³/mol. The van der Waals surface area contributed by atoms with E-state index in [1.807, 2.05) is 30.3 Å². The molecule has 28 heavy (non-hydrogen) atoms. The van der Waals surface area contributed by atoms with Crippen molar-refractivity contribution < 1.29 is 19.0 Å². The Hall–Kier alpha value is -3.14. The molecular weight excluding hydrogens is 355 g/mol. The van der Waals surface area contributed by atoms with E-state index in [9.17, 15) is 14.3 Å². The van der Waals surface area contributed by atoms with E-state index in [1.165, 1.54) is 6.07 Å². The van der Waals surface area contributed by atoms with E-state index < -0.39 is 11.6 Å². The highest BCUT2D eigenvalue weighted by Gasteiger charge is 2.32. The van der Waals surface area contributed by atoms with E-state index >= 15 is 0 Å². The molecule has 0 aromatic heterocycles. The van der Waals surface area contributed by atoms with Crippen molar-refractivity contribution in [2.45, 2.75) is 31.8 Å². The van der Waals surface area contributed by atoms with Crippen molar-refractivity contribution in [1.29, 1.82) is 0 Å². The van der Waals surface area contributed by atoms with Gasteiger partial charge in [0.15, 0.2) is 0 Å². The maximum atomic E-state index is 13.5. The second-order valence-electron chi connectivity index (χ2n) is 7.57. The number of aromatic carboxylic acids is 1. The second-order valence-corrected chi connectivity index (χ2v) is 7.57. The van der Waals surface area contributed by atoms with Crippen LogP contribution in [-0.2, 0) is 12.8 Å². The summed E-state index contributed by atoms with van der Waals surface area (Å²) in [5.74, 6) is -0.375. The number of rotatable bonds is 4. The zero-order valence-electron chi connectivity index (χ0n) is 15.6. The first kappa shape index (κ1) is 18.2. The Morgan fingerprint density at radius 3 is 2.64 bits per heavy atom. The Balaban J connectivity index is 1.62. The summed E-state index contributed by atoms with van der Waals surface area (Å²) in [6.07, 6.45) is 2.36. The van der Waals surface area contributed by atoms with Gasteiger partial charge in [0, 0.05) is 6.42 Å². The van der Waals surface area contributed by atoms with Crippen LogP contribution in [0.15, 0.2) is 66.7 Å². The van der Waals surface area contributed by atoms with Gasteiger partial charge in [-0.25, -0.2) is 9.18 Å². The van der Waals surface area contributed by atoms with Crippen LogP contribution in [0.4, 0.5) is 4.39 Å². The van der Waals surface area contributed by atoms with Crippen molar-refractivity contribution >= 4 is 5.97 Å². The molecule has 4 heteroatoms. The van der Waals surface area contributed by atoms with Gasteiger partial charge >= 0.3 is 5.97 Å². The molecule has 0 saturated heterocycles. The number of hydrogen-bond donors (Lipinski definition) is 1. The van der Waals surface area contributed by atoms with Crippen LogP contribution in [0.3, 0.4) is 0 Å². The van der Waals surface area contributed by atoms with Crippen LogP contribution >= 0.6 is 0 Å². The summed E-state index contributed by atoms with van der Waals surface area (Å²) in [5, 5.41) is 9.23. The first-order valence-electron chi connectivity index (χ1n) is 9.32. The van der Waals surface area contributed by atoms with Gasteiger partial charge in [0.05, 0.1) is 5.56 Å². The highest BCUT2D eigenvalue weighted by atomic mass is 19.1. The zero-order chi connectivity index (χ0) is 19.7. The van der Waals surface area contributed by atoms with Gasteiger partial charge in [0.1, 0.15) is 17.2 Å². The number of carbonyl (C=O) groups is 1. The first-order valence-corrected chi connectivity index (χ1v) is 9.32. The lowest BCUT2D eigenvalue weighted by atomic mass is 9.86. The topological polar surface area (TPSA) is 46.5 Å². The highest BCUT2D eigenvalue weighted by Crippen LogP contribution is 2.38. The Kier molecular flexibility index (Phi) is 4.63. The number of carboxylic acids is 1. The summed E-state index contributed by atoms with van der Waals surface area (Å²) in [5.41, 5.74) is 3.64. The fourth-order valence-electron chi connectivity index (χ4n) is 3.79. The fraction of sp³-hybridized carbons (Fsp3) is 0.208. The van der Waals surface area contributed by atoms with Crippen LogP contribution in [0, 0.1) is 5.82 Å². The third-order valence-corrected chi connectivity index (χ3v) is 5.26. The number of benzene rings is 3. The van der Waals surface area contributed by atoms with Crippen LogP contribution in [-0.4, -0.2) is 16.7 Å². The lowest BCUT2D eigenvalue weighted by Gasteiger charge is -2.36. The molecule has 0 amide bonds. The van der Waals surface area contributed by atoms with Gasteiger partial charge in [-0.3, -0.25) is 0 Å². The molecule has 1 aliphatic rings. The molecule has 3 aromatic rings. The molecule has 0 unspecified atom stereocenters. The zero-order valence-corrected chi connectivity index (χ0v) is 15.6. The molecule has 0 fully saturated rings. The van der Waals surface area contributed by atoms with Crippen LogP contribution in [0.25, 0.3) is 11.1 Å². The number of carboxylic acid groups (broad SMARTS) is 1. The molecule has 0 saturated carbocycles. The van der Waals surface area contributed by atoms with Gasteiger partial charge < -0.3 is 9.84 Å². The molecule has 3 aromatic carbocycles. The van der Waals surface area contributed by atoms with E-state index in [0.29, 0.717) is 6.42 Å². The van der Waals surface area contributed by atoms with Gasteiger partial charge in [-0.1, -0.05) is 36.4 Å². The minimum Gasteiger partial charge on any atom is -0.487 e. The van der Waals surface area contributed by atoms with Crippen molar-refractivity contribution in [3.63, 3.8) is 0 Å². The standard InChI is InChI=1S/C24H21FO3/c1-24(15-16-4-2-7-21(25)12-16)11-10-17-8-9-19(14-22(17)28-24)18-5-3-6-20(13-18)23(26)27/h2-9,12-14H,10-11,15H2,1H3,(H,26,27)/t24-/m1/s1. The monoisotopic (exact) mass is 376 g/mol. The second kappa shape index (κ2) is 7.12. The molecule has 3 nitrogen and oxygen atoms in total. The van der Waals surface area contributed by atoms with Crippen molar-refractivity contribution in [3.8, 4) is 16.9 Å². The van der Waals surface area contributed by atoms with Crippen molar-refractivity contribution in [2.75, 3.05) is 0 Å². The summed E-state index contributed by atoms with van der Waals surface area (Å²) >= 11 is 0. The summed E-state index contributed by atoms with van der Waals surface area (Å²) in [6.45, 7) is 2.05. The summed E-state index contributed by atoms with van der Waals surface area (Å²) in [6, 6.07) is 19.5. The summed E-state index contributed by atoms with van der Waals surface area (Å²) in [4.78, 5) is 11.2. The number of fused-ring (bicyclic) bond motifs is 1. The minimum atomic E-state index is -0.946. The van der Waals surface area contributed by atoms with Crippen LogP contribution in [0.2, 0.25) is 0 Å². The van der Waals surface area contributed by atoms with Crippen molar-refractivity contribution in [2.24, 2.45) is 0 Å². The quantitative estimate of drug-likeness (QED) is 0.652. The smallest absolute Gasteiger partial charge is 0.335 e. The Labute approximate surface area is 163 Å². The molecule has 0 radical (unpaired) electrons. The Bertz CT molecular complexity index is 1040. The molecule has 1 N–H and O–H groups in total. The van der Waals surface area contributed by atoms with E-state index in [-0.39, 0.29) is 11.4 Å². The first-order chi connectivity index (χ1) is 13.4. The normalized spacial score (nSPS) is 18.2. The molecule has 0 aliphatic carbocycles. The Morgan fingerprint density at radius 1 is 1.07 bits per heavy atom. The van der Waals surface area contributed by atoms with E-state index in [0.717, 1.165) is 40.8 Å². The van der Waals surface area contributed by atoms with E-state index in [1.54, 1.807) is 30.3 Å². The van der Waals surface area contributed by atoms with E-state index in [2.05, 4.69) is 6.92 Å². The summed E-state index contributed by atoms with van der Waals surface area (Å²) < 4.78 is 19.9. The predicted octanol–water partition coefficient (Wildman–Crippen LogP) is 5.52. The van der Waals surface area contributed by atoms with Crippen LogP contribution < -0.4 is 4.74 Å². The Morgan fingerprint density at radius 2 is 1.86 bits per heavy atom. The molecule has 142 valence electrons. The molecule has 1 heterocycles. The average Bonchev–Trinajstić information content (AvgIpc) is 2.67. The van der Waals surface area contributed by atoms with Crippen molar-refractivity contribution in [3.05, 3.63) is 89.2 Å². The highest BCUT2D eigenvalue weighted by molar-refractivity contribution is 5.89. The lowest BCUT2D eigenvalue weighted by Crippen LogP contribution is -2.38. The molecule has 1 aliphatic heterocycles. The van der Waals surface area contributed by atoms with Gasteiger partial charge in [-0.15, -0.1) is 0 Å². The van der Waals surface area contributed by atoms with Crippen LogP contribution in [0.1, 0.15) is 34.8 Å². The van der Waals surface area contributed by atoms with Gasteiger partial charge in [-0.05, 0) is 72.4 Å². The number of ether oxygens (including phenoxy) is 1. The average molecular weight is 376 g/mol. The third kappa shape index (κ3) is 3.77. The number of halogens is 1. The maximum absolute atomic E-state index is 13.5. The van der Waals surface area contributed by atoms with Crippen LogP contribution in [0.5, 0.6) is 5.75 Å². The molecule has 0 spiro atoms. The number of aryl methyl sites for hydroxylation is 1. The largest absolute Gasteiger partial charge is 0.487 e. The molecule has 1 atom stereocenters. The van der Waals surface area contributed by atoms with Gasteiger partial charge in [-0.2, -0.15) is 0 Å². The maximum Gasteiger partial charge on any atom is 0.335 e. The fourth-order valence-corrected chi connectivity index (χ4v) is 3.79. The molecule has 4 rings (SSSR count). The summed E-state index contributed by atoms with van der Waals surface area (Å²) in [7, 11) is 0.